The van der Waals surface area contributed by atoms with Gasteiger partial charge in [-0.3, -0.25) is 9.78 Å². The summed E-state index contributed by atoms with van der Waals surface area (Å²) in [4.78, 5) is 19.9. The number of hydrogen-bond donors (Lipinski definition) is 1. The number of carbonyl (C=O) groups excluding carboxylic acids is 1. The number of aromatic nitrogens is 1. The van der Waals surface area contributed by atoms with E-state index in [2.05, 4.69) is 31.1 Å². The van der Waals surface area contributed by atoms with Gasteiger partial charge in [0, 0.05) is 38.0 Å². The summed E-state index contributed by atoms with van der Waals surface area (Å²) in [5, 5.41) is 3.87. The van der Waals surface area contributed by atoms with Crippen molar-refractivity contribution in [2.75, 3.05) is 26.3 Å². The lowest BCUT2D eigenvalue weighted by Gasteiger charge is -2.39. The number of ether oxygens (including phenoxy) is 1. The van der Waals surface area contributed by atoms with Gasteiger partial charge in [0.15, 0.2) is 0 Å². The number of carbonyl (C=O) groups is 1. The second-order valence-electron chi connectivity index (χ2n) is 10.7. The molecule has 1 saturated heterocycles. The van der Waals surface area contributed by atoms with Gasteiger partial charge >= 0.3 is 6.18 Å². The van der Waals surface area contributed by atoms with Crippen molar-refractivity contribution >= 4 is 11.5 Å². The molecule has 194 valence electrons. The topological polar surface area (TPSA) is 54.5 Å². The van der Waals surface area contributed by atoms with Gasteiger partial charge in [-0.1, -0.05) is 26.8 Å². The van der Waals surface area contributed by atoms with Crippen LogP contribution in [0, 0.1) is 17.3 Å². The molecule has 0 spiro atoms. The maximum atomic E-state index is 13.8. The van der Waals surface area contributed by atoms with Gasteiger partial charge in [0.25, 0.3) is 0 Å². The molecule has 4 rings (SSSR count). The number of halogens is 3. The first kappa shape index (κ1) is 26.1. The molecule has 2 fully saturated rings. The van der Waals surface area contributed by atoms with Crippen LogP contribution >= 0.6 is 0 Å². The van der Waals surface area contributed by atoms with Crippen LogP contribution in [-0.4, -0.2) is 54.2 Å². The molecule has 5 nitrogen and oxygen atoms in total. The molecule has 3 aliphatic rings. The molecule has 4 unspecified atom stereocenters. The van der Waals surface area contributed by atoms with Crippen molar-refractivity contribution in [3.05, 3.63) is 35.7 Å². The summed E-state index contributed by atoms with van der Waals surface area (Å²) >= 11 is 0. The molecule has 4 atom stereocenters. The highest BCUT2D eigenvalue weighted by Crippen LogP contribution is 2.46. The Morgan fingerprint density at radius 3 is 2.80 bits per heavy atom. The first-order chi connectivity index (χ1) is 16.6. The van der Waals surface area contributed by atoms with Crippen LogP contribution in [0.4, 0.5) is 13.2 Å². The Kier molecular flexibility index (Phi) is 7.91. The van der Waals surface area contributed by atoms with Gasteiger partial charge in [0.1, 0.15) is 0 Å². The third-order valence-corrected chi connectivity index (χ3v) is 8.44. The molecule has 2 aliphatic heterocycles. The molecule has 1 aromatic rings. The fourth-order valence-corrected chi connectivity index (χ4v) is 6.09. The number of hydrogen-bond acceptors (Lipinski definition) is 4. The zero-order chi connectivity index (χ0) is 25.2. The maximum Gasteiger partial charge on any atom is 0.416 e. The van der Waals surface area contributed by atoms with E-state index in [0.717, 1.165) is 63.0 Å². The minimum atomic E-state index is -4.40. The summed E-state index contributed by atoms with van der Waals surface area (Å²) < 4.78 is 45.0. The Hall–Kier alpha value is -1.93. The van der Waals surface area contributed by atoms with Crippen LogP contribution in [0.15, 0.2) is 24.4 Å². The standard InChI is InChI=1S/C27H38F3N3O2/c1-4-19-17-35-14-9-23(19)32-22-5-10-26(16-22,18(2)3)25(34)33-12-7-20(8-13-33)24-15-21(6-11-31-24)27(28,29)30/h6-7,11,15,18-19,22-23,32H,4-5,8-10,12-14,16-17H2,1-3H3. The number of nitrogens with zero attached hydrogens (tertiary/aromatic N) is 2. The first-order valence-corrected chi connectivity index (χ1v) is 13.0. The molecule has 1 N–H and O–H groups in total. The second kappa shape index (κ2) is 10.6. The highest BCUT2D eigenvalue weighted by atomic mass is 19.4. The summed E-state index contributed by atoms with van der Waals surface area (Å²) in [6.07, 6.45) is 3.98. The van der Waals surface area contributed by atoms with Gasteiger partial charge in [0.2, 0.25) is 5.91 Å². The van der Waals surface area contributed by atoms with E-state index in [1.165, 1.54) is 6.20 Å². The zero-order valence-electron chi connectivity index (χ0n) is 21.0. The average Bonchev–Trinajstić information content (AvgIpc) is 3.29. The zero-order valence-corrected chi connectivity index (χ0v) is 21.0. The van der Waals surface area contributed by atoms with Gasteiger partial charge < -0.3 is 15.0 Å². The Labute approximate surface area is 206 Å². The van der Waals surface area contributed by atoms with Crippen molar-refractivity contribution in [3.8, 4) is 0 Å². The Balaban J connectivity index is 1.43. The lowest BCUT2D eigenvalue weighted by atomic mass is 9.74. The van der Waals surface area contributed by atoms with Crippen LogP contribution in [0.3, 0.4) is 0 Å². The van der Waals surface area contributed by atoms with E-state index >= 15 is 0 Å². The Bertz CT molecular complexity index is 932. The Morgan fingerprint density at radius 1 is 1.34 bits per heavy atom. The van der Waals surface area contributed by atoms with Crippen LogP contribution < -0.4 is 5.32 Å². The highest BCUT2D eigenvalue weighted by molar-refractivity contribution is 5.84. The van der Waals surface area contributed by atoms with Gasteiger partial charge in [-0.05, 0) is 68.1 Å². The molecule has 35 heavy (non-hydrogen) atoms. The third kappa shape index (κ3) is 5.58. The number of alkyl halides is 3. The van der Waals surface area contributed by atoms with Crippen LogP contribution in [0.1, 0.15) is 70.6 Å². The largest absolute Gasteiger partial charge is 0.416 e. The van der Waals surface area contributed by atoms with Crippen LogP contribution in [-0.2, 0) is 15.7 Å². The molecule has 1 saturated carbocycles. The first-order valence-electron chi connectivity index (χ1n) is 13.0. The smallest absolute Gasteiger partial charge is 0.381 e. The van der Waals surface area contributed by atoms with Crippen molar-refractivity contribution in [1.29, 1.82) is 0 Å². The minimum Gasteiger partial charge on any atom is -0.381 e. The number of amides is 1. The number of rotatable bonds is 6. The monoisotopic (exact) mass is 493 g/mol. The van der Waals surface area contributed by atoms with Crippen molar-refractivity contribution in [2.45, 2.75) is 77.6 Å². The molecule has 1 amide bonds. The molecule has 0 aromatic carbocycles. The summed E-state index contributed by atoms with van der Waals surface area (Å²) in [7, 11) is 0. The minimum absolute atomic E-state index is 0.183. The van der Waals surface area contributed by atoms with Gasteiger partial charge in [-0.15, -0.1) is 0 Å². The molecule has 0 bridgehead atoms. The van der Waals surface area contributed by atoms with E-state index in [4.69, 9.17) is 4.74 Å². The van der Waals surface area contributed by atoms with E-state index in [0.29, 0.717) is 43.2 Å². The molecule has 0 radical (unpaired) electrons. The molecule has 1 aromatic heterocycles. The maximum absolute atomic E-state index is 13.8. The predicted octanol–water partition coefficient (Wildman–Crippen LogP) is 5.32. The van der Waals surface area contributed by atoms with E-state index < -0.39 is 17.2 Å². The fourth-order valence-electron chi connectivity index (χ4n) is 6.09. The van der Waals surface area contributed by atoms with Crippen LogP contribution in [0.5, 0.6) is 0 Å². The van der Waals surface area contributed by atoms with Crippen LogP contribution in [0.25, 0.3) is 5.57 Å². The van der Waals surface area contributed by atoms with E-state index in [1.807, 2.05) is 11.0 Å². The van der Waals surface area contributed by atoms with Gasteiger partial charge in [-0.2, -0.15) is 13.2 Å². The molecule has 8 heteroatoms. The SMILES string of the molecule is CCC1COCCC1NC1CCC(C(=O)N2CC=C(c3cc(C(F)(F)F)ccn3)CC2)(C(C)C)C1. The lowest BCUT2D eigenvalue weighted by molar-refractivity contribution is -0.144. The van der Waals surface area contributed by atoms with Crippen molar-refractivity contribution in [1.82, 2.24) is 15.2 Å². The van der Waals surface area contributed by atoms with Crippen molar-refractivity contribution in [3.63, 3.8) is 0 Å². The molecular formula is C27H38F3N3O2. The molecule has 3 heterocycles. The van der Waals surface area contributed by atoms with Crippen molar-refractivity contribution < 1.29 is 22.7 Å². The second-order valence-corrected chi connectivity index (χ2v) is 10.7. The number of nitrogens with one attached hydrogen (secondary N) is 1. The predicted molar refractivity (Wildman–Crippen MR) is 129 cm³/mol. The van der Waals surface area contributed by atoms with Crippen LogP contribution in [0.2, 0.25) is 0 Å². The number of pyridine rings is 1. The quantitative estimate of drug-likeness (QED) is 0.583. The summed E-state index contributed by atoms with van der Waals surface area (Å²) in [6, 6.07) is 2.86. The summed E-state index contributed by atoms with van der Waals surface area (Å²) in [6.45, 7) is 9.00. The van der Waals surface area contributed by atoms with E-state index in [-0.39, 0.29) is 11.8 Å². The highest BCUT2D eigenvalue weighted by Gasteiger charge is 2.49. The fraction of sp³-hybridized carbons (Fsp3) is 0.704. The third-order valence-electron chi connectivity index (χ3n) is 8.44. The van der Waals surface area contributed by atoms with Gasteiger partial charge in [-0.25, -0.2) is 0 Å². The summed E-state index contributed by atoms with van der Waals surface area (Å²) in [5.41, 5.74) is 0.0251. The normalized spacial score (nSPS) is 30.0. The Morgan fingerprint density at radius 2 is 2.14 bits per heavy atom. The van der Waals surface area contributed by atoms with E-state index in [9.17, 15) is 18.0 Å². The van der Waals surface area contributed by atoms with E-state index in [1.54, 1.807) is 0 Å². The molecule has 1 aliphatic carbocycles. The summed E-state index contributed by atoms with van der Waals surface area (Å²) in [5.74, 6) is 0.917. The van der Waals surface area contributed by atoms with Gasteiger partial charge in [0.05, 0.1) is 23.3 Å². The van der Waals surface area contributed by atoms with Crippen molar-refractivity contribution in [2.24, 2.45) is 17.3 Å². The molecular weight excluding hydrogens is 455 g/mol. The average molecular weight is 494 g/mol. The lowest BCUT2D eigenvalue weighted by Crippen LogP contribution is -2.49.